The van der Waals surface area contributed by atoms with Gasteiger partial charge in [-0.2, -0.15) is 0 Å². The zero-order valence-corrected chi connectivity index (χ0v) is 18.7. The van der Waals surface area contributed by atoms with E-state index in [0.29, 0.717) is 11.7 Å². The molecule has 2 atom stereocenters. The van der Waals surface area contributed by atoms with Crippen molar-refractivity contribution in [2.24, 2.45) is 16.7 Å². The van der Waals surface area contributed by atoms with Gasteiger partial charge >= 0.3 is 0 Å². The first kappa shape index (κ1) is 21.3. The van der Waals surface area contributed by atoms with Crippen LogP contribution in [0.4, 0.5) is 0 Å². The number of carbonyl (C=O) groups is 1. The van der Waals surface area contributed by atoms with Crippen LogP contribution in [0.15, 0.2) is 29.8 Å². The SMILES string of the molecule is CCCCN(CCCC)Cc1ccc(/C=C2\C(=O)C3(C)CCC2C3(C)C)cc1. The van der Waals surface area contributed by atoms with E-state index in [2.05, 4.69) is 69.9 Å². The van der Waals surface area contributed by atoms with Crippen LogP contribution < -0.4 is 0 Å². The fourth-order valence-electron chi connectivity index (χ4n) is 5.28. The highest BCUT2D eigenvalue weighted by atomic mass is 16.1. The van der Waals surface area contributed by atoms with Crippen LogP contribution in [-0.2, 0) is 11.3 Å². The molecule has 0 radical (unpaired) electrons. The molecule has 0 saturated heterocycles. The Balaban J connectivity index is 1.71. The molecule has 0 N–H and O–H groups in total. The summed E-state index contributed by atoms with van der Waals surface area (Å²) in [5, 5.41) is 0. The van der Waals surface area contributed by atoms with Crippen molar-refractivity contribution >= 4 is 11.9 Å². The summed E-state index contributed by atoms with van der Waals surface area (Å²) in [5.41, 5.74) is 3.55. The Morgan fingerprint density at radius 2 is 1.64 bits per heavy atom. The van der Waals surface area contributed by atoms with Gasteiger partial charge in [0.2, 0.25) is 0 Å². The smallest absolute Gasteiger partial charge is 0.165 e. The molecule has 2 nitrogen and oxygen atoms in total. The Morgan fingerprint density at radius 1 is 1.04 bits per heavy atom. The van der Waals surface area contributed by atoms with Gasteiger partial charge in [-0.1, -0.05) is 71.7 Å². The first-order valence-corrected chi connectivity index (χ1v) is 11.4. The molecule has 2 aliphatic carbocycles. The van der Waals surface area contributed by atoms with Gasteiger partial charge in [-0.15, -0.1) is 0 Å². The second-order valence-corrected chi connectivity index (χ2v) is 9.80. The van der Waals surface area contributed by atoms with E-state index >= 15 is 0 Å². The van der Waals surface area contributed by atoms with Gasteiger partial charge in [0.1, 0.15) is 0 Å². The molecule has 2 saturated carbocycles. The van der Waals surface area contributed by atoms with Gasteiger partial charge in [0, 0.05) is 12.0 Å². The molecule has 28 heavy (non-hydrogen) atoms. The molecule has 2 fully saturated rings. The van der Waals surface area contributed by atoms with Crippen LogP contribution in [0.2, 0.25) is 0 Å². The predicted molar refractivity (Wildman–Crippen MR) is 119 cm³/mol. The maximum absolute atomic E-state index is 13.0. The Morgan fingerprint density at radius 3 is 2.14 bits per heavy atom. The summed E-state index contributed by atoms with van der Waals surface area (Å²) in [6.45, 7) is 14.7. The van der Waals surface area contributed by atoms with Gasteiger partial charge in [-0.25, -0.2) is 0 Å². The van der Waals surface area contributed by atoms with Gasteiger partial charge in [0.15, 0.2) is 5.78 Å². The molecule has 0 aromatic heterocycles. The van der Waals surface area contributed by atoms with Crippen molar-refractivity contribution in [3.63, 3.8) is 0 Å². The predicted octanol–water partition coefficient (Wildman–Crippen LogP) is 6.50. The van der Waals surface area contributed by atoms with Gasteiger partial charge in [-0.3, -0.25) is 9.69 Å². The number of benzene rings is 1. The lowest BCUT2D eigenvalue weighted by atomic mass is 9.70. The number of nitrogens with zero attached hydrogens (tertiary/aromatic N) is 1. The average molecular weight is 382 g/mol. The van der Waals surface area contributed by atoms with Crippen molar-refractivity contribution in [3.8, 4) is 0 Å². The lowest BCUT2D eigenvalue weighted by molar-refractivity contribution is -0.125. The van der Waals surface area contributed by atoms with Crippen molar-refractivity contribution in [2.45, 2.75) is 79.7 Å². The van der Waals surface area contributed by atoms with Gasteiger partial charge in [0.05, 0.1) is 0 Å². The lowest BCUT2D eigenvalue weighted by Crippen LogP contribution is -2.32. The molecular weight excluding hydrogens is 342 g/mol. The van der Waals surface area contributed by atoms with E-state index in [1.807, 2.05) is 0 Å². The molecule has 0 aliphatic heterocycles. The molecule has 0 heterocycles. The number of ketones is 1. The number of fused-ring (bicyclic) bond motifs is 2. The minimum Gasteiger partial charge on any atom is -0.299 e. The van der Waals surface area contributed by atoms with E-state index in [-0.39, 0.29) is 10.8 Å². The standard InChI is InChI=1S/C26H39NO/c1-6-8-16-27(17-9-7-2)19-21-12-10-20(11-13-21)18-22-23-14-15-26(5,24(22)28)25(23,3)4/h10-13,18,23H,6-9,14-17,19H2,1-5H3/b22-18-. The van der Waals surface area contributed by atoms with E-state index < -0.39 is 0 Å². The van der Waals surface area contributed by atoms with Gasteiger partial charge < -0.3 is 0 Å². The normalized spacial score (nSPS) is 27.3. The first-order valence-electron chi connectivity index (χ1n) is 11.4. The Labute approximate surface area is 172 Å². The highest BCUT2D eigenvalue weighted by Crippen LogP contribution is 2.65. The number of unbranched alkanes of at least 4 members (excludes halogenated alkanes) is 2. The molecule has 3 rings (SSSR count). The van der Waals surface area contributed by atoms with E-state index in [4.69, 9.17) is 0 Å². The fraction of sp³-hybridized carbons (Fsp3) is 0.654. The van der Waals surface area contributed by atoms with E-state index in [9.17, 15) is 4.79 Å². The molecule has 2 heteroatoms. The minimum atomic E-state index is -0.164. The van der Waals surface area contributed by atoms with E-state index in [1.165, 1.54) is 49.9 Å². The summed E-state index contributed by atoms with van der Waals surface area (Å²) >= 11 is 0. The summed E-state index contributed by atoms with van der Waals surface area (Å²) in [6, 6.07) is 8.91. The number of hydrogen-bond acceptors (Lipinski definition) is 2. The zero-order chi connectivity index (χ0) is 20.4. The molecule has 1 aromatic rings. The highest BCUT2D eigenvalue weighted by molar-refractivity contribution is 6.07. The largest absolute Gasteiger partial charge is 0.299 e. The molecular formula is C26H39NO. The molecule has 0 amide bonds. The maximum Gasteiger partial charge on any atom is 0.165 e. The van der Waals surface area contributed by atoms with Crippen molar-refractivity contribution in [1.82, 2.24) is 4.90 Å². The molecule has 2 bridgehead atoms. The van der Waals surface area contributed by atoms with Crippen LogP contribution in [0.3, 0.4) is 0 Å². The molecule has 2 aliphatic rings. The number of rotatable bonds is 9. The minimum absolute atomic E-state index is 0.0922. The quantitative estimate of drug-likeness (QED) is 0.455. The Hall–Kier alpha value is -1.41. The van der Waals surface area contributed by atoms with Crippen molar-refractivity contribution in [1.29, 1.82) is 0 Å². The van der Waals surface area contributed by atoms with Crippen molar-refractivity contribution < 1.29 is 4.79 Å². The maximum atomic E-state index is 13.0. The van der Waals surface area contributed by atoms with Crippen molar-refractivity contribution in [3.05, 3.63) is 41.0 Å². The highest BCUT2D eigenvalue weighted by Gasteiger charge is 2.63. The fourth-order valence-corrected chi connectivity index (χ4v) is 5.28. The molecule has 2 unspecified atom stereocenters. The number of hydrogen-bond donors (Lipinski definition) is 0. The monoisotopic (exact) mass is 381 g/mol. The van der Waals surface area contributed by atoms with Gasteiger partial charge in [0.25, 0.3) is 0 Å². The third-order valence-electron chi connectivity index (χ3n) is 7.73. The summed E-state index contributed by atoms with van der Waals surface area (Å²) in [5.74, 6) is 0.811. The third kappa shape index (κ3) is 3.85. The van der Waals surface area contributed by atoms with Crippen LogP contribution in [0.1, 0.15) is 84.3 Å². The third-order valence-corrected chi connectivity index (χ3v) is 7.73. The average Bonchev–Trinajstić information content (AvgIpc) is 2.99. The number of Topliss-reactive ketones (excluding diaryl/α,β-unsaturated/α-hetero) is 1. The van der Waals surface area contributed by atoms with Crippen LogP contribution in [0.25, 0.3) is 6.08 Å². The second kappa shape index (κ2) is 8.53. The van der Waals surface area contributed by atoms with E-state index in [0.717, 1.165) is 25.0 Å². The van der Waals surface area contributed by atoms with Crippen LogP contribution in [-0.4, -0.2) is 23.8 Å². The number of allylic oxidation sites excluding steroid dienone is 1. The van der Waals surface area contributed by atoms with Crippen LogP contribution in [0, 0.1) is 16.7 Å². The van der Waals surface area contributed by atoms with E-state index in [1.54, 1.807) is 0 Å². The van der Waals surface area contributed by atoms with Crippen molar-refractivity contribution in [2.75, 3.05) is 13.1 Å². The van der Waals surface area contributed by atoms with Crippen LogP contribution >= 0.6 is 0 Å². The summed E-state index contributed by atoms with van der Waals surface area (Å²) in [7, 11) is 0. The molecule has 1 aromatic carbocycles. The Kier molecular flexibility index (Phi) is 6.49. The molecule has 0 spiro atoms. The van der Waals surface area contributed by atoms with Gasteiger partial charge in [-0.05, 0) is 72.9 Å². The van der Waals surface area contributed by atoms with Crippen LogP contribution in [0.5, 0.6) is 0 Å². The summed E-state index contributed by atoms with van der Waals surface area (Å²) in [6.07, 6.45) is 9.42. The summed E-state index contributed by atoms with van der Waals surface area (Å²) in [4.78, 5) is 15.6. The number of carbonyl (C=O) groups excluding carboxylic acids is 1. The summed E-state index contributed by atoms with van der Waals surface area (Å²) < 4.78 is 0. The second-order valence-electron chi connectivity index (χ2n) is 9.80. The Bertz CT molecular complexity index is 706. The first-order chi connectivity index (χ1) is 13.3. The topological polar surface area (TPSA) is 20.3 Å². The molecule has 154 valence electrons. The lowest BCUT2D eigenvalue weighted by Gasteiger charge is -2.31. The zero-order valence-electron chi connectivity index (χ0n) is 18.7.